The number of nitrogens with zero attached hydrogens (tertiary/aromatic N) is 5. The van der Waals surface area contributed by atoms with Gasteiger partial charge in [-0.2, -0.15) is 21.0 Å². The van der Waals surface area contributed by atoms with Gasteiger partial charge in [-0.1, -0.05) is 24.3 Å². The smallest absolute Gasteiger partial charge is 0.270 e. The Labute approximate surface area is 225 Å². The number of phenolic OH excluding ortho intramolecular Hbond substituents is 1. The molecule has 0 aliphatic rings. The predicted octanol–water partition coefficient (Wildman–Crippen LogP) is 6.57. The molecule has 0 bridgehead atoms. The van der Waals surface area contributed by atoms with E-state index in [0.29, 0.717) is 28.4 Å². The van der Waals surface area contributed by atoms with Crippen molar-refractivity contribution < 1.29 is 14.8 Å². The number of aryl methyl sites for hydroxylation is 2. The summed E-state index contributed by atoms with van der Waals surface area (Å²) in [6.45, 7) is 3.92. The van der Waals surface area contributed by atoms with E-state index >= 15 is 0 Å². The average molecular weight is 516 g/mol. The van der Waals surface area contributed by atoms with Crippen molar-refractivity contribution in [2.24, 2.45) is 0 Å². The number of rotatable bonds is 3. The molecule has 0 radical (unpaired) electrons. The van der Waals surface area contributed by atoms with E-state index in [9.17, 15) is 10.1 Å². The summed E-state index contributed by atoms with van der Waals surface area (Å²) >= 11 is 0. The van der Waals surface area contributed by atoms with Crippen molar-refractivity contribution in [3.63, 3.8) is 0 Å². The van der Waals surface area contributed by atoms with Crippen LogP contribution in [0.4, 0.5) is 5.69 Å². The van der Waals surface area contributed by atoms with Crippen molar-refractivity contribution in [3.05, 3.63) is 128 Å². The van der Waals surface area contributed by atoms with Crippen LogP contribution in [0.2, 0.25) is 0 Å². The van der Waals surface area contributed by atoms with Crippen LogP contribution in [-0.4, -0.2) is 10.0 Å². The Morgan fingerprint density at radius 1 is 0.667 bits per heavy atom. The minimum Gasteiger partial charge on any atom is -0.508 e. The molecule has 0 atom stereocenters. The van der Waals surface area contributed by atoms with Gasteiger partial charge in [0.1, 0.15) is 41.5 Å². The number of nitro benzene ring substituents is 1. The normalized spacial score (nSPS) is 8.97. The largest absolute Gasteiger partial charge is 0.508 e. The molecule has 0 fully saturated rings. The minimum absolute atomic E-state index is 0.0247. The van der Waals surface area contributed by atoms with Gasteiger partial charge in [0.25, 0.3) is 5.69 Å². The van der Waals surface area contributed by atoms with E-state index in [1.807, 2.05) is 62.4 Å². The number of aromatic hydroxyl groups is 1. The number of nitriles is 4. The van der Waals surface area contributed by atoms with Gasteiger partial charge in [-0.05, 0) is 73.5 Å². The molecular weight excluding hydrogens is 494 g/mol. The van der Waals surface area contributed by atoms with Gasteiger partial charge in [-0.3, -0.25) is 10.1 Å². The first-order valence-electron chi connectivity index (χ1n) is 11.2. The first kappa shape index (κ1) is 29.1. The molecule has 1 N–H and O–H groups in total. The molecule has 0 unspecified atom stereocenters. The van der Waals surface area contributed by atoms with Gasteiger partial charge in [0.15, 0.2) is 0 Å². The molecular formula is C30H21N5O4. The lowest BCUT2D eigenvalue weighted by molar-refractivity contribution is -0.384. The third kappa shape index (κ3) is 9.09. The number of benzene rings is 4. The second-order valence-electron chi connectivity index (χ2n) is 7.90. The number of nitro groups is 1. The number of hydrogen-bond acceptors (Lipinski definition) is 8. The quantitative estimate of drug-likeness (QED) is 0.236. The molecule has 4 aromatic rings. The molecule has 9 heteroatoms. The van der Waals surface area contributed by atoms with Crippen LogP contribution in [0.15, 0.2) is 84.9 Å². The SMILES string of the molecule is Cc1cccc(O)c1.Cc1cccc(Oc2ccc(C#N)c(C#N)c2)c1.N#Cc1ccc([N+](=O)[O-])cc1C#N. The Morgan fingerprint density at radius 2 is 1.18 bits per heavy atom. The highest BCUT2D eigenvalue weighted by Gasteiger charge is 2.09. The fourth-order valence-corrected chi connectivity index (χ4v) is 3.06. The maximum Gasteiger partial charge on any atom is 0.270 e. The van der Waals surface area contributed by atoms with E-state index < -0.39 is 4.92 Å². The Morgan fingerprint density at radius 3 is 1.67 bits per heavy atom. The molecule has 0 aromatic heterocycles. The van der Waals surface area contributed by atoms with Gasteiger partial charge in [-0.25, -0.2) is 0 Å². The van der Waals surface area contributed by atoms with Crippen LogP contribution in [0.5, 0.6) is 17.2 Å². The standard InChI is InChI=1S/C15H10N2O.C8H3N3O2.C7H8O/c1-11-3-2-4-14(7-11)18-15-6-5-12(9-16)13(8-15)10-17;9-4-6-1-2-8(11(12)13)3-7(6)5-10;1-6-3-2-4-7(8)5-6/h2-8H,1H3;1-3H;2-5,8H,1H3. The summed E-state index contributed by atoms with van der Waals surface area (Å²) in [5, 5.41) is 53.9. The molecule has 0 saturated heterocycles. The van der Waals surface area contributed by atoms with Crippen molar-refractivity contribution in [2.75, 3.05) is 0 Å². The van der Waals surface area contributed by atoms with E-state index in [1.54, 1.807) is 42.5 Å². The molecule has 0 aliphatic carbocycles. The summed E-state index contributed by atoms with van der Waals surface area (Å²) in [5.74, 6) is 1.60. The number of ether oxygens (including phenoxy) is 1. The molecule has 0 aliphatic heterocycles. The highest BCUT2D eigenvalue weighted by molar-refractivity contribution is 5.51. The number of hydrogen-bond donors (Lipinski definition) is 1. The fourth-order valence-electron chi connectivity index (χ4n) is 3.06. The molecule has 190 valence electrons. The molecule has 0 spiro atoms. The second kappa shape index (κ2) is 14.4. The van der Waals surface area contributed by atoms with E-state index in [2.05, 4.69) is 0 Å². The predicted molar refractivity (Wildman–Crippen MR) is 142 cm³/mol. The van der Waals surface area contributed by atoms with E-state index in [1.165, 1.54) is 12.1 Å². The van der Waals surface area contributed by atoms with E-state index in [-0.39, 0.29) is 16.8 Å². The molecule has 0 heterocycles. The van der Waals surface area contributed by atoms with Gasteiger partial charge < -0.3 is 9.84 Å². The van der Waals surface area contributed by atoms with Crippen molar-refractivity contribution in [1.82, 2.24) is 0 Å². The van der Waals surface area contributed by atoms with Gasteiger partial charge in [0.05, 0.1) is 27.2 Å². The molecule has 9 nitrogen and oxygen atoms in total. The second-order valence-corrected chi connectivity index (χ2v) is 7.90. The topological polar surface area (TPSA) is 168 Å². The van der Waals surface area contributed by atoms with Crippen molar-refractivity contribution >= 4 is 5.69 Å². The lowest BCUT2D eigenvalue weighted by Gasteiger charge is -2.06. The zero-order chi connectivity index (χ0) is 28.8. The van der Waals surface area contributed by atoms with Gasteiger partial charge >= 0.3 is 0 Å². The summed E-state index contributed by atoms with van der Waals surface area (Å²) < 4.78 is 5.64. The molecule has 39 heavy (non-hydrogen) atoms. The Bertz CT molecular complexity index is 1640. The van der Waals surface area contributed by atoms with Crippen LogP contribution < -0.4 is 4.74 Å². The maximum absolute atomic E-state index is 10.3. The van der Waals surface area contributed by atoms with Crippen LogP contribution in [0.1, 0.15) is 33.4 Å². The highest BCUT2D eigenvalue weighted by Crippen LogP contribution is 2.24. The van der Waals surface area contributed by atoms with Crippen LogP contribution in [0, 0.1) is 69.3 Å². The fraction of sp³-hybridized carbons (Fsp3) is 0.0667. The molecule has 4 aromatic carbocycles. The van der Waals surface area contributed by atoms with Gasteiger partial charge in [0, 0.05) is 12.1 Å². The van der Waals surface area contributed by atoms with Crippen LogP contribution in [0.25, 0.3) is 0 Å². The Kier molecular flexibility index (Phi) is 10.7. The first-order valence-corrected chi connectivity index (χ1v) is 11.2. The lowest BCUT2D eigenvalue weighted by atomic mass is 10.1. The molecule has 0 saturated carbocycles. The average Bonchev–Trinajstić information content (AvgIpc) is 2.93. The van der Waals surface area contributed by atoms with Crippen molar-refractivity contribution in [2.45, 2.75) is 13.8 Å². The van der Waals surface area contributed by atoms with Gasteiger partial charge in [0.2, 0.25) is 0 Å². The van der Waals surface area contributed by atoms with Gasteiger partial charge in [-0.15, -0.1) is 0 Å². The van der Waals surface area contributed by atoms with Crippen LogP contribution >= 0.6 is 0 Å². The summed E-state index contributed by atoms with van der Waals surface area (Å²) in [6.07, 6.45) is 0. The third-order valence-electron chi connectivity index (χ3n) is 4.91. The summed E-state index contributed by atoms with van der Waals surface area (Å²) in [6, 6.07) is 30.6. The van der Waals surface area contributed by atoms with Crippen molar-refractivity contribution in [1.29, 1.82) is 21.0 Å². The highest BCUT2D eigenvalue weighted by atomic mass is 16.6. The van der Waals surface area contributed by atoms with Crippen LogP contribution in [0.3, 0.4) is 0 Å². The summed E-state index contributed by atoms with van der Waals surface area (Å²) in [7, 11) is 0. The Hall–Kier alpha value is -6.16. The maximum atomic E-state index is 10.3. The van der Waals surface area contributed by atoms with Crippen molar-refractivity contribution in [3.8, 4) is 41.5 Å². The Balaban J connectivity index is 0.000000222. The summed E-state index contributed by atoms with van der Waals surface area (Å²) in [4.78, 5) is 9.67. The number of non-ortho nitro benzene ring substituents is 1. The van der Waals surface area contributed by atoms with E-state index in [0.717, 1.165) is 17.2 Å². The zero-order valence-corrected chi connectivity index (χ0v) is 21.0. The summed E-state index contributed by atoms with van der Waals surface area (Å²) in [5.41, 5.74) is 2.85. The molecule has 0 amide bonds. The lowest BCUT2D eigenvalue weighted by Crippen LogP contribution is -1.90. The van der Waals surface area contributed by atoms with Crippen LogP contribution in [-0.2, 0) is 0 Å². The first-order chi connectivity index (χ1) is 18.7. The minimum atomic E-state index is -0.609. The third-order valence-corrected chi connectivity index (χ3v) is 4.91. The monoisotopic (exact) mass is 515 g/mol. The van der Waals surface area contributed by atoms with E-state index in [4.69, 9.17) is 30.9 Å². The molecule has 4 rings (SSSR count). The zero-order valence-electron chi connectivity index (χ0n) is 21.0. The number of phenols is 1.